The molecule has 0 radical (unpaired) electrons. The summed E-state index contributed by atoms with van der Waals surface area (Å²) in [7, 11) is 0. The topological polar surface area (TPSA) is 30.7 Å². The highest BCUT2D eigenvalue weighted by Crippen LogP contribution is 2.18. The molecule has 0 unspecified atom stereocenters. The molecule has 0 atom stereocenters. The van der Waals surface area contributed by atoms with E-state index in [0.717, 1.165) is 15.8 Å². The first-order valence-electron chi connectivity index (χ1n) is 2.50. The lowest BCUT2D eigenvalue weighted by molar-refractivity contribution is 0.615. The molecule has 0 aliphatic heterocycles. The third kappa shape index (κ3) is 1.32. The van der Waals surface area contributed by atoms with E-state index in [4.69, 9.17) is 0 Å². The molecule has 0 saturated heterocycles. The lowest BCUT2D eigenvalue weighted by Crippen LogP contribution is -1.95. The summed E-state index contributed by atoms with van der Waals surface area (Å²) in [5.41, 5.74) is 0. The van der Waals surface area contributed by atoms with Gasteiger partial charge in [-0.25, -0.2) is 4.68 Å². The van der Waals surface area contributed by atoms with Crippen molar-refractivity contribution < 1.29 is 0 Å². The van der Waals surface area contributed by atoms with Crippen LogP contribution in [0.3, 0.4) is 0 Å². The molecule has 0 fully saturated rings. The lowest BCUT2D eigenvalue weighted by Gasteiger charge is -1.91. The molecule has 0 saturated carbocycles. The molecule has 1 aromatic rings. The van der Waals surface area contributed by atoms with Crippen LogP contribution in [0.1, 0.15) is 6.92 Å². The van der Waals surface area contributed by atoms with Gasteiger partial charge < -0.3 is 0 Å². The van der Waals surface area contributed by atoms with Gasteiger partial charge in [0.1, 0.15) is 4.60 Å². The minimum atomic E-state index is 0.754. The van der Waals surface area contributed by atoms with Gasteiger partial charge in [-0.05, 0) is 38.8 Å². The first kappa shape index (κ1) is 7.21. The number of aryl methyl sites for hydroxylation is 1. The second-order valence-electron chi connectivity index (χ2n) is 1.49. The zero-order valence-electron chi connectivity index (χ0n) is 4.80. The van der Waals surface area contributed by atoms with Crippen LogP contribution >= 0.6 is 31.9 Å². The predicted molar refractivity (Wildman–Crippen MR) is 41.1 cm³/mol. The Morgan fingerprint density at radius 1 is 1.56 bits per heavy atom. The van der Waals surface area contributed by atoms with Gasteiger partial charge in [-0.1, -0.05) is 5.21 Å². The molecular weight excluding hydrogens is 250 g/mol. The molecule has 1 rings (SSSR count). The van der Waals surface area contributed by atoms with Crippen molar-refractivity contribution in [2.75, 3.05) is 0 Å². The zero-order valence-corrected chi connectivity index (χ0v) is 7.98. The van der Waals surface area contributed by atoms with Crippen LogP contribution in [-0.4, -0.2) is 15.0 Å². The predicted octanol–water partition coefficient (Wildman–Crippen LogP) is 1.82. The van der Waals surface area contributed by atoms with Crippen LogP contribution in [0.4, 0.5) is 0 Å². The summed E-state index contributed by atoms with van der Waals surface area (Å²) in [4.78, 5) is 0. The minimum absolute atomic E-state index is 0.754. The van der Waals surface area contributed by atoms with Crippen molar-refractivity contribution >= 4 is 31.9 Å². The molecule has 0 aromatic carbocycles. The average molecular weight is 255 g/mol. The van der Waals surface area contributed by atoms with E-state index in [1.54, 1.807) is 4.68 Å². The summed E-state index contributed by atoms with van der Waals surface area (Å²) in [6.45, 7) is 2.84. The van der Waals surface area contributed by atoms with Gasteiger partial charge in [0.25, 0.3) is 0 Å². The fourth-order valence-corrected chi connectivity index (χ4v) is 1.16. The monoisotopic (exact) mass is 253 g/mol. The van der Waals surface area contributed by atoms with Gasteiger partial charge in [-0.15, -0.1) is 5.10 Å². The number of hydrogen-bond donors (Lipinski definition) is 0. The Morgan fingerprint density at radius 2 is 2.22 bits per heavy atom. The second kappa shape index (κ2) is 2.79. The molecule has 0 spiro atoms. The summed E-state index contributed by atoms with van der Waals surface area (Å²) in [5.74, 6) is 0. The van der Waals surface area contributed by atoms with Crippen LogP contribution < -0.4 is 0 Å². The summed E-state index contributed by atoms with van der Waals surface area (Å²) in [5, 5.41) is 7.58. The van der Waals surface area contributed by atoms with Gasteiger partial charge in [0.2, 0.25) is 0 Å². The molecule has 0 bridgehead atoms. The molecule has 9 heavy (non-hydrogen) atoms. The van der Waals surface area contributed by atoms with Crippen LogP contribution in [0.25, 0.3) is 0 Å². The maximum Gasteiger partial charge on any atom is 0.162 e. The van der Waals surface area contributed by atoms with Crippen molar-refractivity contribution in [1.29, 1.82) is 0 Å². The van der Waals surface area contributed by atoms with Crippen LogP contribution in [0.2, 0.25) is 0 Å². The number of nitrogens with zero attached hydrogens (tertiary/aromatic N) is 3. The Kier molecular flexibility index (Phi) is 2.23. The Morgan fingerprint density at radius 3 is 2.44 bits per heavy atom. The maximum atomic E-state index is 3.81. The van der Waals surface area contributed by atoms with E-state index in [0.29, 0.717) is 0 Å². The highest BCUT2D eigenvalue weighted by Gasteiger charge is 2.03. The van der Waals surface area contributed by atoms with Crippen molar-refractivity contribution in [2.24, 2.45) is 0 Å². The third-order valence-electron chi connectivity index (χ3n) is 0.937. The summed E-state index contributed by atoms with van der Waals surface area (Å²) in [6, 6.07) is 0. The Balaban J connectivity index is 3.04. The molecule has 0 amide bonds. The van der Waals surface area contributed by atoms with E-state index in [9.17, 15) is 0 Å². The third-order valence-corrected chi connectivity index (χ3v) is 2.79. The number of hydrogen-bond acceptors (Lipinski definition) is 2. The highest BCUT2D eigenvalue weighted by molar-refractivity contribution is 9.13. The zero-order chi connectivity index (χ0) is 6.85. The Labute approximate surface area is 69.7 Å². The fraction of sp³-hybridized carbons (Fsp3) is 0.500. The minimum Gasteiger partial charge on any atom is -0.237 e. The molecular formula is C4H5Br2N3. The highest BCUT2D eigenvalue weighted by atomic mass is 79.9. The average Bonchev–Trinajstić information content (AvgIpc) is 2.15. The van der Waals surface area contributed by atoms with Crippen molar-refractivity contribution in [3.8, 4) is 0 Å². The van der Waals surface area contributed by atoms with Crippen LogP contribution in [-0.2, 0) is 6.54 Å². The van der Waals surface area contributed by atoms with E-state index >= 15 is 0 Å². The summed E-state index contributed by atoms with van der Waals surface area (Å²) in [6.07, 6.45) is 0. The Hall–Kier alpha value is 0.1000. The van der Waals surface area contributed by atoms with Gasteiger partial charge in [0.05, 0.1) is 0 Å². The molecule has 3 nitrogen and oxygen atoms in total. The SMILES string of the molecule is CCn1nnc(Br)c1Br. The van der Waals surface area contributed by atoms with E-state index in [-0.39, 0.29) is 0 Å². The van der Waals surface area contributed by atoms with Gasteiger partial charge in [0.15, 0.2) is 4.60 Å². The van der Waals surface area contributed by atoms with Crippen molar-refractivity contribution in [2.45, 2.75) is 13.5 Å². The first-order chi connectivity index (χ1) is 4.25. The Bertz CT molecular complexity index is 208. The molecule has 1 heterocycles. The summed E-state index contributed by atoms with van der Waals surface area (Å²) >= 11 is 6.52. The number of aromatic nitrogens is 3. The normalized spacial score (nSPS) is 10.1. The summed E-state index contributed by atoms with van der Waals surface area (Å²) < 4.78 is 3.40. The number of rotatable bonds is 1. The molecule has 0 aliphatic carbocycles. The van der Waals surface area contributed by atoms with Gasteiger partial charge >= 0.3 is 0 Å². The number of halogens is 2. The van der Waals surface area contributed by atoms with Crippen molar-refractivity contribution in [1.82, 2.24) is 15.0 Å². The van der Waals surface area contributed by atoms with Gasteiger partial charge in [-0.3, -0.25) is 0 Å². The van der Waals surface area contributed by atoms with Gasteiger partial charge in [0, 0.05) is 6.54 Å². The van der Waals surface area contributed by atoms with Gasteiger partial charge in [-0.2, -0.15) is 0 Å². The quantitative estimate of drug-likeness (QED) is 0.766. The van der Waals surface area contributed by atoms with E-state index in [1.165, 1.54) is 0 Å². The van der Waals surface area contributed by atoms with Crippen molar-refractivity contribution in [3.05, 3.63) is 9.21 Å². The molecule has 5 heteroatoms. The first-order valence-corrected chi connectivity index (χ1v) is 4.08. The van der Waals surface area contributed by atoms with Crippen LogP contribution in [0.15, 0.2) is 9.21 Å². The standard InChI is InChI=1S/C4H5Br2N3/c1-2-9-4(6)3(5)7-8-9/h2H2,1H3. The molecule has 50 valence electrons. The van der Waals surface area contributed by atoms with Crippen molar-refractivity contribution in [3.63, 3.8) is 0 Å². The van der Waals surface area contributed by atoms with E-state index in [1.807, 2.05) is 6.92 Å². The molecule has 1 aromatic heterocycles. The molecule has 0 aliphatic rings. The smallest absolute Gasteiger partial charge is 0.162 e. The van der Waals surface area contributed by atoms with E-state index < -0.39 is 0 Å². The second-order valence-corrected chi connectivity index (χ2v) is 2.99. The maximum absolute atomic E-state index is 3.81. The largest absolute Gasteiger partial charge is 0.237 e. The molecule has 0 N–H and O–H groups in total. The van der Waals surface area contributed by atoms with E-state index in [2.05, 4.69) is 42.2 Å². The fourth-order valence-electron chi connectivity index (χ4n) is 0.482. The van der Waals surface area contributed by atoms with Crippen LogP contribution in [0, 0.1) is 0 Å². The lowest BCUT2D eigenvalue weighted by atomic mass is 10.7. The van der Waals surface area contributed by atoms with Crippen LogP contribution in [0.5, 0.6) is 0 Å².